The third-order valence-electron chi connectivity index (χ3n) is 4.22. The minimum Gasteiger partial charge on any atom is -0.501 e. The Kier molecular flexibility index (Phi) is 15.3. The Morgan fingerprint density at radius 3 is 1.83 bits per heavy atom. The van der Waals surface area contributed by atoms with Gasteiger partial charge in [-0.05, 0) is 62.0 Å². The molecule has 1 unspecified atom stereocenters. The van der Waals surface area contributed by atoms with Gasteiger partial charge in [-0.2, -0.15) is 0 Å². The van der Waals surface area contributed by atoms with E-state index in [1.807, 2.05) is 12.5 Å². The fourth-order valence-corrected chi connectivity index (χ4v) is 2.31. The zero-order chi connectivity index (χ0) is 17.3. The second-order valence-corrected chi connectivity index (χ2v) is 6.56. The van der Waals surface area contributed by atoms with Crippen LogP contribution in [-0.2, 0) is 9.47 Å². The standard InChI is InChI=1S/C21H40O2/c1-6-10-12-20(8-3)17-22-15-14-19(5)16-23-18-21(9-4)13-11-7-2/h17-19H,6-16H2,1-5H3. The molecule has 0 bridgehead atoms. The van der Waals surface area contributed by atoms with Crippen molar-refractivity contribution in [2.75, 3.05) is 13.2 Å². The molecule has 0 radical (unpaired) electrons. The van der Waals surface area contributed by atoms with E-state index in [1.165, 1.54) is 49.7 Å². The fourth-order valence-electron chi connectivity index (χ4n) is 2.31. The van der Waals surface area contributed by atoms with Gasteiger partial charge in [0.25, 0.3) is 0 Å². The monoisotopic (exact) mass is 324 g/mol. The molecule has 0 aromatic rings. The zero-order valence-electron chi connectivity index (χ0n) is 16.3. The predicted octanol–water partition coefficient (Wildman–Crippen LogP) is 7.01. The molecule has 2 heteroatoms. The molecule has 0 aliphatic rings. The van der Waals surface area contributed by atoms with Gasteiger partial charge in [0.05, 0.1) is 25.7 Å². The Balaban J connectivity index is 3.87. The SMILES string of the molecule is CCCCC(=COCCC(C)COC=C(CC)CCCC)CC. The Bertz CT molecular complexity index is 318. The molecule has 0 saturated carbocycles. The van der Waals surface area contributed by atoms with Crippen LogP contribution < -0.4 is 0 Å². The zero-order valence-corrected chi connectivity index (χ0v) is 16.3. The fraction of sp³-hybridized carbons (Fsp3) is 0.810. The average molecular weight is 325 g/mol. The van der Waals surface area contributed by atoms with Crippen molar-refractivity contribution in [3.05, 3.63) is 23.7 Å². The summed E-state index contributed by atoms with van der Waals surface area (Å²) in [6.45, 7) is 12.7. The van der Waals surface area contributed by atoms with Crippen molar-refractivity contribution < 1.29 is 9.47 Å². The van der Waals surface area contributed by atoms with Gasteiger partial charge < -0.3 is 9.47 Å². The highest BCUT2D eigenvalue weighted by Gasteiger charge is 2.03. The van der Waals surface area contributed by atoms with Crippen molar-refractivity contribution in [2.24, 2.45) is 5.92 Å². The average Bonchev–Trinajstić information content (AvgIpc) is 2.57. The topological polar surface area (TPSA) is 18.5 Å². The third-order valence-corrected chi connectivity index (χ3v) is 4.22. The van der Waals surface area contributed by atoms with Crippen LogP contribution in [0.4, 0.5) is 0 Å². The first-order chi connectivity index (χ1) is 11.2. The molecular weight excluding hydrogens is 284 g/mol. The molecule has 0 aliphatic heterocycles. The summed E-state index contributed by atoms with van der Waals surface area (Å²) >= 11 is 0. The third kappa shape index (κ3) is 13.2. The van der Waals surface area contributed by atoms with Gasteiger partial charge in [0.1, 0.15) is 0 Å². The van der Waals surface area contributed by atoms with E-state index in [9.17, 15) is 0 Å². The predicted molar refractivity (Wildman–Crippen MR) is 101 cm³/mol. The Morgan fingerprint density at radius 1 is 0.826 bits per heavy atom. The highest BCUT2D eigenvalue weighted by Crippen LogP contribution is 2.13. The first kappa shape index (κ1) is 22.1. The van der Waals surface area contributed by atoms with Crippen LogP contribution in [0.1, 0.15) is 92.4 Å². The highest BCUT2D eigenvalue weighted by atomic mass is 16.5. The molecule has 0 spiro atoms. The van der Waals surface area contributed by atoms with Crippen LogP contribution in [-0.4, -0.2) is 13.2 Å². The van der Waals surface area contributed by atoms with Crippen molar-refractivity contribution in [3.8, 4) is 0 Å². The molecule has 136 valence electrons. The van der Waals surface area contributed by atoms with E-state index < -0.39 is 0 Å². The van der Waals surface area contributed by atoms with E-state index in [0.29, 0.717) is 5.92 Å². The molecule has 1 atom stereocenters. The van der Waals surface area contributed by atoms with Crippen molar-refractivity contribution in [1.82, 2.24) is 0 Å². The summed E-state index contributed by atoms with van der Waals surface area (Å²) in [5.41, 5.74) is 2.86. The summed E-state index contributed by atoms with van der Waals surface area (Å²) in [5, 5.41) is 0. The quantitative estimate of drug-likeness (QED) is 0.238. The highest BCUT2D eigenvalue weighted by molar-refractivity contribution is 4.97. The minimum atomic E-state index is 0.532. The summed E-state index contributed by atoms with van der Waals surface area (Å²) in [6, 6.07) is 0. The summed E-state index contributed by atoms with van der Waals surface area (Å²) < 4.78 is 11.5. The molecule has 23 heavy (non-hydrogen) atoms. The van der Waals surface area contributed by atoms with Gasteiger partial charge in [-0.25, -0.2) is 0 Å². The number of hydrogen-bond acceptors (Lipinski definition) is 2. The minimum absolute atomic E-state index is 0.532. The van der Waals surface area contributed by atoms with Crippen LogP contribution in [0.15, 0.2) is 23.7 Å². The molecule has 0 saturated heterocycles. The maximum Gasteiger partial charge on any atom is 0.0900 e. The lowest BCUT2D eigenvalue weighted by Gasteiger charge is -2.12. The van der Waals surface area contributed by atoms with E-state index >= 15 is 0 Å². The summed E-state index contributed by atoms with van der Waals surface area (Å²) in [7, 11) is 0. The van der Waals surface area contributed by atoms with Crippen molar-refractivity contribution in [1.29, 1.82) is 0 Å². The molecule has 0 amide bonds. The lowest BCUT2D eigenvalue weighted by Crippen LogP contribution is -2.06. The van der Waals surface area contributed by atoms with E-state index in [0.717, 1.165) is 32.5 Å². The summed E-state index contributed by atoms with van der Waals surface area (Å²) in [4.78, 5) is 0. The largest absolute Gasteiger partial charge is 0.501 e. The molecule has 0 aromatic carbocycles. The summed E-state index contributed by atoms with van der Waals surface area (Å²) in [5.74, 6) is 0.532. The van der Waals surface area contributed by atoms with E-state index in [-0.39, 0.29) is 0 Å². The molecule has 0 rings (SSSR count). The Labute approximate surface area is 145 Å². The number of rotatable bonds is 15. The van der Waals surface area contributed by atoms with Crippen LogP contribution in [0, 0.1) is 5.92 Å². The van der Waals surface area contributed by atoms with E-state index in [4.69, 9.17) is 9.47 Å². The van der Waals surface area contributed by atoms with Crippen LogP contribution >= 0.6 is 0 Å². The maximum atomic E-state index is 5.76. The normalized spacial score (nSPS) is 14.0. The van der Waals surface area contributed by atoms with Crippen molar-refractivity contribution >= 4 is 0 Å². The molecule has 2 nitrogen and oxygen atoms in total. The number of allylic oxidation sites excluding steroid dienone is 2. The number of ether oxygens (including phenoxy) is 2. The lowest BCUT2D eigenvalue weighted by molar-refractivity contribution is 0.161. The van der Waals surface area contributed by atoms with Gasteiger partial charge in [-0.3, -0.25) is 0 Å². The molecule has 0 aliphatic carbocycles. The van der Waals surface area contributed by atoms with E-state index in [1.54, 1.807) is 0 Å². The van der Waals surface area contributed by atoms with Gasteiger partial charge in [0.2, 0.25) is 0 Å². The first-order valence-electron chi connectivity index (χ1n) is 9.76. The van der Waals surface area contributed by atoms with Crippen molar-refractivity contribution in [2.45, 2.75) is 92.4 Å². The second kappa shape index (κ2) is 16.0. The lowest BCUT2D eigenvalue weighted by atomic mass is 10.1. The van der Waals surface area contributed by atoms with Gasteiger partial charge in [-0.1, -0.05) is 47.5 Å². The van der Waals surface area contributed by atoms with E-state index in [2.05, 4.69) is 34.6 Å². The van der Waals surface area contributed by atoms with Crippen LogP contribution in [0.5, 0.6) is 0 Å². The van der Waals surface area contributed by atoms with Crippen LogP contribution in [0.25, 0.3) is 0 Å². The van der Waals surface area contributed by atoms with Gasteiger partial charge in [0.15, 0.2) is 0 Å². The van der Waals surface area contributed by atoms with Crippen LogP contribution in [0.2, 0.25) is 0 Å². The second-order valence-electron chi connectivity index (χ2n) is 6.56. The number of hydrogen-bond donors (Lipinski definition) is 0. The first-order valence-corrected chi connectivity index (χ1v) is 9.76. The number of unbranched alkanes of at least 4 members (excludes halogenated alkanes) is 2. The molecular formula is C21H40O2. The smallest absolute Gasteiger partial charge is 0.0900 e. The van der Waals surface area contributed by atoms with Gasteiger partial charge >= 0.3 is 0 Å². The summed E-state index contributed by atoms with van der Waals surface area (Å²) in [6.07, 6.45) is 14.6. The molecule has 0 N–H and O–H groups in total. The van der Waals surface area contributed by atoms with Gasteiger partial charge in [-0.15, -0.1) is 0 Å². The van der Waals surface area contributed by atoms with Crippen LogP contribution in [0.3, 0.4) is 0 Å². The van der Waals surface area contributed by atoms with Gasteiger partial charge in [0, 0.05) is 0 Å². The Hall–Kier alpha value is -0.920. The molecule has 0 heterocycles. The molecule has 0 aromatic heterocycles. The molecule has 0 fully saturated rings. The van der Waals surface area contributed by atoms with Crippen molar-refractivity contribution in [3.63, 3.8) is 0 Å². The Morgan fingerprint density at radius 2 is 1.35 bits per heavy atom. The maximum absolute atomic E-state index is 5.76.